The van der Waals surface area contributed by atoms with Gasteiger partial charge in [-0.2, -0.15) is 0 Å². The Morgan fingerprint density at radius 3 is 2.44 bits per heavy atom. The maximum absolute atomic E-state index is 12.5. The van der Waals surface area contributed by atoms with Crippen LogP contribution in [0.25, 0.3) is 10.9 Å². The van der Waals surface area contributed by atoms with Crippen molar-refractivity contribution in [2.24, 2.45) is 0 Å². The average molecular weight is 339 g/mol. The second-order valence-corrected chi connectivity index (χ2v) is 5.44. The number of carbonyl (C=O) groups excluding carboxylic acids is 1. The molecule has 128 valence electrons. The Bertz CT molecular complexity index is 952. The fourth-order valence-corrected chi connectivity index (χ4v) is 2.61. The van der Waals surface area contributed by atoms with E-state index >= 15 is 0 Å². The number of carbonyl (C=O) groups is 1. The smallest absolute Gasteiger partial charge is 0.388 e. The van der Waals surface area contributed by atoms with Gasteiger partial charge >= 0.3 is 11.8 Å². The van der Waals surface area contributed by atoms with Crippen molar-refractivity contribution < 1.29 is 23.7 Å². The van der Waals surface area contributed by atoms with Crippen LogP contribution in [0.1, 0.15) is 15.9 Å². The molecule has 0 aliphatic heterocycles. The number of para-hydroxylation sites is 1. The number of hydrogen-bond acceptors (Lipinski definition) is 5. The van der Waals surface area contributed by atoms with E-state index in [4.69, 9.17) is 14.2 Å². The lowest BCUT2D eigenvalue weighted by Crippen LogP contribution is -2.31. The predicted molar refractivity (Wildman–Crippen MR) is 92.1 cm³/mol. The molecule has 0 spiro atoms. The van der Waals surface area contributed by atoms with Crippen LogP contribution in [0.5, 0.6) is 17.4 Å². The number of hydrogen-bond donors (Lipinski definition) is 0. The highest BCUT2D eigenvalue weighted by molar-refractivity contribution is 5.91. The van der Waals surface area contributed by atoms with Crippen LogP contribution in [0.15, 0.2) is 48.5 Å². The van der Waals surface area contributed by atoms with Gasteiger partial charge in [0, 0.05) is 6.07 Å². The van der Waals surface area contributed by atoms with Crippen molar-refractivity contribution in [3.05, 3.63) is 64.9 Å². The average Bonchev–Trinajstić information content (AvgIpc) is 2.65. The molecule has 0 amide bonds. The molecule has 3 rings (SSSR count). The van der Waals surface area contributed by atoms with E-state index in [-0.39, 0.29) is 11.4 Å². The number of methoxy groups -OCH3 is 2. The van der Waals surface area contributed by atoms with E-state index in [2.05, 4.69) is 0 Å². The Balaban J connectivity index is 1.96. The molecule has 0 aliphatic rings. The summed E-state index contributed by atoms with van der Waals surface area (Å²) in [6.45, 7) is 1.86. The minimum Gasteiger partial charge on any atom is -0.616 e. The molecule has 0 saturated heterocycles. The Hall–Kier alpha value is -3.28. The largest absolute Gasteiger partial charge is 0.616 e. The molecular weight excluding hydrogens is 322 g/mol. The maximum Gasteiger partial charge on any atom is 0.388 e. The number of aromatic nitrogens is 1. The number of ether oxygens (including phenoxy) is 3. The monoisotopic (exact) mass is 339 g/mol. The third-order valence-corrected chi connectivity index (χ3v) is 3.90. The zero-order valence-electron chi connectivity index (χ0n) is 14.1. The van der Waals surface area contributed by atoms with Crippen LogP contribution in [-0.2, 0) is 0 Å². The molecule has 0 bridgehead atoms. The summed E-state index contributed by atoms with van der Waals surface area (Å²) in [7, 11) is 2.99. The van der Waals surface area contributed by atoms with E-state index in [9.17, 15) is 10.0 Å². The number of nitrogens with zero attached hydrogens (tertiary/aromatic N) is 1. The normalized spacial score (nSPS) is 10.5. The molecule has 0 fully saturated rings. The van der Waals surface area contributed by atoms with Gasteiger partial charge in [-0.1, -0.05) is 12.1 Å². The first-order valence-corrected chi connectivity index (χ1v) is 7.61. The summed E-state index contributed by atoms with van der Waals surface area (Å²) in [5.74, 6) is 0.178. The molecule has 0 atom stereocenters. The Labute approximate surface area is 144 Å². The molecule has 0 aliphatic carbocycles. The summed E-state index contributed by atoms with van der Waals surface area (Å²) < 4.78 is 16.2. The van der Waals surface area contributed by atoms with Crippen molar-refractivity contribution in [3.8, 4) is 17.4 Å². The lowest BCUT2D eigenvalue weighted by atomic mass is 10.1. The molecule has 3 aromatic rings. The van der Waals surface area contributed by atoms with Crippen LogP contribution in [0.4, 0.5) is 0 Å². The van der Waals surface area contributed by atoms with Crippen molar-refractivity contribution in [2.75, 3.05) is 14.2 Å². The number of rotatable bonds is 4. The van der Waals surface area contributed by atoms with Gasteiger partial charge in [0.1, 0.15) is 0 Å². The van der Waals surface area contributed by atoms with Gasteiger partial charge in [-0.25, -0.2) is 4.79 Å². The standard InChI is InChI=1S/C19H17NO5/c1-12-10-18(20(22)15-7-5-4-6-14(12)15)25-19(21)13-8-9-16(23-2)17(11-13)24-3/h4-11H,1-3H3. The zero-order chi connectivity index (χ0) is 18.0. The SMILES string of the molecule is COc1ccc(C(=O)Oc2cc(C)c3ccccc3[n+]2[O-])cc1OC. The molecule has 0 saturated carbocycles. The van der Waals surface area contributed by atoms with Gasteiger partial charge in [0.25, 0.3) is 0 Å². The first-order valence-electron chi connectivity index (χ1n) is 7.61. The molecular formula is C19H17NO5. The van der Waals surface area contributed by atoms with Crippen molar-refractivity contribution in [1.29, 1.82) is 0 Å². The number of aryl methyl sites for hydroxylation is 1. The highest BCUT2D eigenvalue weighted by atomic mass is 16.6. The van der Waals surface area contributed by atoms with Gasteiger partial charge in [0.2, 0.25) is 5.52 Å². The first-order chi connectivity index (χ1) is 12.0. The Morgan fingerprint density at radius 1 is 1.00 bits per heavy atom. The van der Waals surface area contributed by atoms with Gasteiger partial charge in [0.05, 0.1) is 31.2 Å². The molecule has 0 N–H and O–H groups in total. The van der Waals surface area contributed by atoms with Crippen LogP contribution in [0, 0.1) is 12.1 Å². The molecule has 0 unspecified atom stereocenters. The molecule has 6 nitrogen and oxygen atoms in total. The number of esters is 1. The third-order valence-electron chi connectivity index (χ3n) is 3.90. The topological polar surface area (TPSA) is 71.7 Å². The van der Waals surface area contributed by atoms with E-state index < -0.39 is 5.97 Å². The highest BCUT2D eigenvalue weighted by Gasteiger charge is 2.20. The van der Waals surface area contributed by atoms with Crippen molar-refractivity contribution in [2.45, 2.75) is 6.92 Å². The van der Waals surface area contributed by atoms with Crippen LogP contribution in [-0.4, -0.2) is 20.2 Å². The summed E-state index contributed by atoms with van der Waals surface area (Å²) in [4.78, 5) is 12.4. The molecule has 1 heterocycles. The molecule has 2 aromatic carbocycles. The van der Waals surface area contributed by atoms with Crippen LogP contribution < -0.4 is 18.9 Å². The summed E-state index contributed by atoms with van der Waals surface area (Å²) in [5, 5.41) is 13.3. The summed E-state index contributed by atoms with van der Waals surface area (Å²) >= 11 is 0. The van der Waals surface area contributed by atoms with Crippen LogP contribution in [0.3, 0.4) is 0 Å². The molecule has 1 aromatic heterocycles. The van der Waals surface area contributed by atoms with Gasteiger partial charge < -0.3 is 19.4 Å². The lowest BCUT2D eigenvalue weighted by Gasteiger charge is -2.11. The van der Waals surface area contributed by atoms with Crippen LogP contribution in [0.2, 0.25) is 0 Å². The van der Waals surface area contributed by atoms with E-state index in [0.717, 1.165) is 10.9 Å². The molecule has 6 heteroatoms. The van der Waals surface area contributed by atoms with Crippen molar-refractivity contribution >= 4 is 16.9 Å². The van der Waals surface area contributed by atoms with Crippen molar-refractivity contribution in [1.82, 2.24) is 0 Å². The highest BCUT2D eigenvalue weighted by Crippen LogP contribution is 2.28. The Morgan fingerprint density at radius 2 is 1.72 bits per heavy atom. The maximum atomic E-state index is 12.5. The second kappa shape index (κ2) is 6.68. The summed E-state index contributed by atoms with van der Waals surface area (Å²) in [6, 6.07) is 13.3. The fourth-order valence-electron chi connectivity index (χ4n) is 2.61. The van der Waals surface area contributed by atoms with Crippen LogP contribution >= 0.6 is 0 Å². The van der Waals surface area contributed by atoms with E-state index in [0.29, 0.717) is 21.7 Å². The number of pyridine rings is 1. The first kappa shape index (κ1) is 16.6. The van der Waals surface area contributed by atoms with Gasteiger partial charge in [-0.3, -0.25) is 0 Å². The quantitative estimate of drug-likeness (QED) is 0.415. The van der Waals surface area contributed by atoms with E-state index in [1.54, 1.807) is 30.3 Å². The summed E-state index contributed by atoms with van der Waals surface area (Å²) in [6.07, 6.45) is 0. The Kier molecular flexibility index (Phi) is 4.43. The van der Waals surface area contributed by atoms with Gasteiger partial charge in [0.15, 0.2) is 11.5 Å². The lowest BCUT2D eigenvalue weighted by molar-refractivity contribution is -0.582. The molecule has 0 radical (unpaired) electrons. The van der Waals surface area contributed by atoms with Crippen molar-refractivity contribution in [3.63, 3.8) is 0 Å². The third kappa shape index (κ3) is 3.06. The number of benzene rings is 2. The van der Waals surface area contributed by atoms with Gasteiger partial charge in [-0.05, 0) is 36.8 Å². The fraction of sp³-hybridized carbons (Fsp3) is 0.158. The number of fused-ring (bicyclic) bond motifs is 1. The zero-order valence-corrected chi connectivity index (χ0v) is 14.1. The molecule has 25 heavy (non-hydrogen) atoms. The minimum atomic E-state index is -0.653. The minimum absolute atomic E-state index is 0.0732. The predicted octanol–water partition coefficient (Wildman–Crippen LogP) is 3.02. The van der Waals surface area contributed by atoms with E-state index in [1.807, 2.05) is 19.1 Å². The van der Waals surface area contributed by atoms with Gasteiger partial charge in [-0.15, -0.1) is 4.73 Å². The van der Waals surface area contributed by atoms with E-state index in [1.165, 1.54) is 20.3 Å². The second-order valence-electron chi connectivity index (χ2n) is 5.44. The summed E-state index contributed by atoms with van der Waals surface area (Å²) in [5.41, 5.74) is 1.54.